The number of halogens is 2. The number of phenols is 5. The molecular formula is C67H61Cl2N7O22. The first-order valence-corrected chi connectivity index (χ1v) is 30.8. The van der Waals surface area contributed by atoms with E-state index in [4.69, 9.17) is 51.6 Å². The molecule has 0 spiro atoms. The number of phenolic OH excluding ortho intramolecular Hbond substituents is 5. The normalized spacial score (nSPS) is 20.7. The standard InChI is InChI=1S/C67H61Cl2N7O22/c1-67(2,3)98-66(92)76-52-30-6-9-43(82)47(22-30)95-36-19-32(18-34(79)25-36)53-62(88)73-54-33-23-48(96-45-10-4-28(16-39(45)68)17-41(59(85)71-53)70-60(52)86)58(93-14-12-77)49(24-33)97-46-11-7-31(21-40(46)69)57(84)56-64(90)74-55(65(91)94-15-13-78)38-26-35(80)27-44(83)50(38)37-20-29(5-8-42(37)81)51(61(87)75-56)72-63(54)89/h4-11,16,18-27,41,51-57,77-84H,12-15,17H2,1-3H3,(H,70,86)(H,71,85)(H,72,89)(H,73,88)(H,74,90)(H,75,87)(H,76,92)/t41-,51-,52-,53+,54-,55-,56+,57-/m1/s1. The van der Waals surface area contributed by atoms with Gasteiger partial charge in [-0.1, -0.05) is 47.5 Å². The minimum Gasteiger partial charge on any atom is -0.508 e. The fraction of sp³-hybridized carbons (Fsp3) is 0.254. The Morgan fingerprint density at radius 3 is 1.81 bits per heavy atom. The second-order valence-corrected chi connectivity index (χ2v) is 24.6. The lowest BCUT2D eigenvalue weighted by Gasteiger charge is -2.31. The van der Waals surface area contributed by atoms with E-state index in [-0.39, 0.29) is 83.7 Å². The summed E-state index contributed by atoms with van der Waals surface area (Å²) in [5.74, 6) is -14.2. The third-order valence-electron chi connectivity index (χ3n) is 15.7. The highest BCUT2D eigenvalue weighted by Crippen LogP contribution is 2.49. The summed E-state index contributed by atoms with van der Waals surface area (Å²) >= 11 is 14.0. The lowest BCUT2D eigenvalue weighted by Crippen LogP contribution is -2.55. The molecule has 7 aromatic carbocycles. The van der Waals surface area contributed by atoms with Crippen LogP contribution in [-0.4, -0.2) is 132 Å². The molecule has 29 nitrogen and oxygen atoms in total. The van der Waals surface area contributed by atoms with Crippen molar-refractivity contribution in [3.63, 3.8) is 0 Å². The van der Waals surface area contributed by atoms with Crippen LogP contribution in [0.2, 0.25) is 10.0 Å². The Morgan fingerprint density at radius 1 is 0.551 bits per heavy atom. The van der Waals surface area contributed by atoms with Crippen molar-refractivity contribution in [1.82, 2.24) is 37.2 Å². The molecule has 8 atom stereocenters. The van der Waals surface area contributed by atoms with Crippen molar-refractivity contribution in [2.75, 3.05) is 26.4 Å². The molecule has 7 aromatic rings. The van der Waals surface area contributed by atoms with E-state index in [1.54, 1.807) is 20.8 Å². The molecule has 17 bridgehead atoms. The Balaban J connectivity index is 1.14. The molecule has 6 heterocycles. The number of aliphatic hydroxyl groups excluding tert-OH is 3. The first kappa shape index (κ1) is 68.2. The number of benzene rings is 7. The van der Waals surface area contributed by atoms with Crippen LogP contribution >= 0.6 is 23.2 Å². The highest BCUT2D eigenvalue weighted by molar-refractivity contribution is 6.32. The molecule has 6 aliphatic rings. The van der Waals surface area contributed by atoms with E-state index in [0.717, 1.165) is 54.6 Å². The van der Waals surface area contributed by atoms with Crippen molar-refractivity contribution < 1.29 is 108 Å². The summed E-state index contributed by atoms with van der Waals surface area (Å²) in [6.45, 7) is 2.30. The molecule has 6 aliphatic heterocycles. The van der Waals surface area contributed by atoms with Crippen molar-refractivity contribution in [3.8, 4) is 80.1 Å². The van der Waals surface area contributed by atoms with Gasteiger partial charge in [-0.05, 0) is 133 Å². The summed E-state index contributed by atoms with van der Waals surface area (Å²) < 4.78 is 35.9. The Labute approximate surface area is 565 Å². The summed E-state index contributed by atoms with van der Waals surface area (Å²) in [6, 6.07) is 7.90. The molecule has 0 aliphatic carbocycles. The quantitative estimate of drug-likeness (QED) is 0.0855. The van der Waals surface area contributed by atoms with E-state index in [2.05, 4.69) is 37.2 Å². The number of nitrogens with one attached hydrogen (secondary N) is 7. The average Bonchev–Trinajstić information content (AvgIpc) is 0.770. The van der Waals surface area contributed by atoms with Crippen LogP contribution in [0.3, 0.4) is 0 Å². The van der Waals surface area contributed by atoms with Gasteiger partial charge < -0.3 is 106 Å². The van der Waals surface area contributed by atoms with Gasteiger partial charge in [-0.15, -0.1) is 0 Å². The van der Waals surface area contributed by atoms with Gasteiger partial charge in [0.15, 0.2) is 29.0 Å². The predicted octanol–water partition coefficient (Wildman–Crippen LogP) is 5.67. The first-order valence-electron chi connectivity index (χ1n) is 30.0. The third kappa shape index (κ3) is 14.6. The number of esters is 1. The number of aliphatic hydroxyl groups is 3. The topological polar surface area (TPSA) is 438 Å². The molecule has 15 N–H and O–H groups in total. The summed E-state index contributed by atoms with van der Waals surface area (Å²) in [6.07, 6.45) is -3.68. The lowest BCUT2D eigenvalue weighted by molar-refractivity contribution is -0.149. The largest absolute Gasteiger partial charge is 0.508 e. The summed E-state index contributed by atoms with van der Waals surface area (Å²) in [5, 5.41) is 107. The molecule has 13 rings (SSSR count). The van der Waals surface area contributed by atoms with Crippen LogP contribution in [0, 0.1) is 0 Å². The zero-order valence-corrected chi connectivity index (χ0v) is 53.2. The maximum absolute atomic E-state index is 16.1. The number of carbonyl (C=O) groups is 8. The first-order chi connectivity index (χ1) is 46.6. The van der Waals surface area contributed by atoms with Crippen molar-refractivity contribution >= 4 is 70.7 Å². The minimum atomic E-state index is -2.21. The van der Waals surface area contributed by atoms with Gasteiger partial charge in [0.2, 0.25) is 41.2 Å². The van der Waals surface area contributed by atoms with Crippen molar-refractivity contribution in [3.05, 3.63) is 164 Å². The molecule has 0 aromatic heterocycles. The number of hydrogen-bond donors (Lipinski definition) is 15. The number of rotatable bonds is 7. The smallest absolute Gasteiger partial charge is 0.408 e. The Bertz CT molecular complexity index is 4410. The number of amides is 7. The zero-order valence-electron chi connectivity index (χ0n) is 51.7. The Kier molecular flexibility index (Phi) is 19.4. The fourth-order valence-electron chi connectivity index (χ4n) is 11.3. The molecule has 0 radical (unpaired) electrons. The van der Waals surface area contributed by atoms with Crippen molar-refractivity contribution in [1.29, 1.82) is 0 Å². The van der Waals surface area contributed by atoms with E-state index in [1.807, 2.05) is 0 Å². The molecule has 0 fully saturated rings. The summed E-state index contributed by atoms with van der Waals surface area (Å²) in [5.41, 5.74) is -3.23. The Hall–Kier alpha value is -11.2. The molecule has 7 amide bonds. The number of carbonyl (C=O) groups excluding carboxylic acids is 8. The minimum absolute atomic E-state index is 0.0114. The lowest BCUT2D eigenvalue weighted by atomic mass is 9.89. The van der Waals surface area contributed by atoms with Gasteiger partial charge in [0.1, 0.15) is 101 Å². The van der Waals surface area contributed by atoms with E-state index in [9.17, 15) is 55.2 Å². The van der Waals surface area contributed by atoms with Crippen LogP contribution in [0.4, 0.5) is 4.79 Å². The average molecular weight is 1390 g/mol. The highest BCUT2D eigenvalue weighted by Gasteiger charge is 2.42. The van der Waals surface area contributed by atoms with Gasteiger partial charge in [0.25, 0.3) is 0 Å². The van der Waals surface area contributed by atoms with E-state index >= 15 is 24.0 Å². The van der Waals surface area contributed by atoms with Gasteiger partial charge in [-0.2, -0.15) is 0 Å². The van der Waals surface area contributed by atoms with E-state index in [0.29, 0.717) is 0 Å². The third-order valence-corrected chi connectivity index (χ3v) is 16.3. The monoisotopic (exact) mass is 1390 g/mol. The van der Waals surface area contributed by atoms with Crippen molar-refractivity contribution in [2.24, 2.45) is 0 Å². The summed E-state index contributed by atoms with van der Waals surface area (Å²) in [7, 11) is 0. The van der Waals surface area contributed by atoms with Crippen LogP contribution in [0.25, 0.3) is 11.1 Å². The van der Waals surface area contributed by atoms with Gasteiger partial charge >= 0.3 is 12.1 Å². The molecule has 98 heavy (non-hydrogen) atoms. The number of aromatic hydroxyl groups is 5. The number of hydrogen-bond acceptors (Lipinski definition) is 22. The van der Waals surface area contributed by atoms with E-state index < -0.39 is 180 Å². The maximum Gasteiger partial charge on any atom is 0.408 e. The molecule has 510 valence electrons. The molecule has 0 saturated carbocycles. The van der Waals surface area contributed by atoms with Crippen molar-refractivity contribution in [2.45, 2.75) is 81.2 Å². The molecule has 31 heteroatoms. The number of ether oxygens (including phenoxy) is 6. The van der Waals surface area contributed by atoms with Gasteiger partial charge in [-0.3, -0.25) is 28.8 Å². The van der Waals surface area contributed by atoms with Crippen LogP contribution in [0.15, 0.2) is 115 Å². The fourth-order valence-corrected chi connectivity index (χ4v) is 11.8. The van der Waals surface area contributed by atoms with Gasteiger partial charge in [0, 0.05) is 35.2 Å². The van der Waals surface area contributed by atoms with Gasteiger partial charge in [-0.25, -0.2) is 9.59 Å². The molecule has 0 unspecified atom stereocenters. The highest BCUT2D eigenvalue weighted by atomic mass is 35.5. The number of alkyl carbamates (subject to hydrolysis) is 1. The SMILES string of the molecule is CC(C)(C)OC(=O)N[C@H]1C(=O)N[C@@H]2Cc3ccc(c(Cl)c3)Oc3cc4cc(c3OCCO)Oc3ccc(cc3Cl)[C@@H](O)[C@@H]3NC(=O)[C@H](NC(=O)[C@@H]4NC(=O)[C@@H](NC2=O)c2cc(O)cc(c2)Oc2cc1ccc2O)c1ccc(O)c(c1)-c1c(O)cc(O)cc1[C@H](C(=O)OCCO)NC3=O. The van der Waals surface area contributed by atoms with Gasteiger partial charge in [0.05, 0.1) is 23.3 Å². The second kappa shape index (κ2) is 27.8. The zero-order chi connectivity index (χ0) is 70.2. The summed E-state index contributed by atoms with van der Waals surface area (Å²) in [4.78, 5) is 120. The molecule has 0 saturated heterocycles. The van der Waals surface area contributed by atoms with Crippen LogP contribution < -0.4 is 56.2 Å². The number of fused-ring (bicyclic) bond motifs is 14. The molecular weight excluding hydrogens is 1330 g/mol. The maximum atomic E-state index is 16.1. The second-order valence-electron chi connectivity index (χ2n) is 23.8. The Morgan fingerprint density at radius 2 is 1.14 bits per heavy atom. The predicted molar refractivity (Wildman–Crippen MR) is 341 cm³/mol. The van der Waals surface area contributed by atoms with Crippen LogP contribution in [-0.2, 0) is 49.5 Å². The van der Waals surface area contributed by atoms with E-state index in [1.165, 1.54) is 60.7 Å². The van der Waals surface area contributed by atoms with Crippen LogP contribution in [0.5, 0.6) is 69.0 Å². The van der Waals surface area contributed by atoms with Crippen LogP contribution in [0.1, 0.15) is 96.0 Å².